The Kier molecular flexibility index (Phi) is 9.47. The average Bonchev–Trinajstić information content (AvgIpc) is 3.39. The molecule has 40 heavy (non-hydrogen) atoms. The van der Waals surface area contributed by atoms with Gasteiger partial charge < -0.3 is 20.9 Å². The molecule has 0 bridgehead atoms. The Morgan fingerprint density at radius 1 is 1.12 bits per heavy atom. The van der Waals surface area contributed by atoms with Crippen LogP contribution in [0.2, 0.25) is 10.0 Å². The normalized spacial score (nSPS) is 24.9. The van der Waals surface area contributed by atoms with Crippen LogP contribution < -0.4 is 16.0 Å². The molecule has 2 saturated heterocycles. The molecule has 3 aliphatic heterocycles. The molecule has 3 heterocycles. The Morgan fingerprint density at radius 3 is 2.45 bits per heavy atom. The summed E-state index contributed by atoms with van der Waals surface area (Å²) in [5, 5.41) is 9.60. The van der Waals surface area contributed by atoms with Crippen LogP contribution in [0.5, 0.6) is 0 Å². The molecule has 1 unspecified atom stereocenters. The molecule has 218 valence electrons. The minimum Gasteiger partial charge on any atom is -0.353 e. The first kappa shape index (κ1) is 30.7. The van der Waals surface area contributed by atoms with E-state index in [-0.39, 0.29) is 23.4 Å². The second-order valence-electron chi connectivity index (χ2n) is 12.6. The molecule has 5 rings (SSSR count). The van der Waals surface area contributed by atoms with E-state index in [4.69, 9.17) is 23.2 Å². The molecule has 7 nitrogen and oxygen atoms in total. The minimum atomic E-state index is -1.18. The Bertz CT molecular complexity index is 1240. The maximum Gasteiger partial charge on any atom is 0.237 e. The van der Waals surface area contributed by atoms with Crippen LogP contribution in [0.15, 0.2) is 36.4 Å². The van der Waals surface area contributed by atoms with Crippen LogP contribution in [0.25, 0.3) is 0 Å². The largest absolute Gasteiger partial charge is 0.353 e. The minimum absolute atomic E-state index is 0.0652. The van der Waals surface area contributed by atoms with Crippen molar-refractivity contribution in [3.8, 4) is 0 Å². The monoisotopic (exact) mass is 591 g/mol. The number of carbonyl (C=O) groups is 2. The Labute approximate surface area is 246 Å². The molecule has 0 aliphatic carbocycles. The lowest BCUT2D eigenvalue weighted by molar-refractivity contribution is -0.123. The van der Waals surface area contributed by atoms with E-state index in [1.54, 1.807) is 18.2 Å². The van der Waals surface area contributed by atoms with E-state index in [9.17, 15) is 14.0 Å². The van der Waals surface area contributed by atoms with Gasteiger partial charge in [-0.15, -0.1) is 0 Å². The zero-order chi connectivity index (χ0) is 29.2. The second-order valence-corrected chi connectivity index (χ2v) is 13.4. The standard InChI is InChI=1S/C25H28Cl2FN5O2.C5H12/c1-32-7-9-33(10-8-32)6-5-29-23(34)22-21(15-3-2-4-16(26)11-15)25(14-30-22)17-12-19(28)18(27)13-20(17)31-24(25)35;1-5(2,3)4/h2-4,11-13,21-22,30H,5-10,14H2,1H3,(H,29,34)(H,31,35);1-4H3/t21?,22-,25-;/m1./s1. The predicted octanol–water partition coefficient (Wildman–Crippen LogP) is 4.49. The quantitative estimate of drug-likeness (QED) is 0.477. The fourth-order valence-corrected chi connectivity index (χ4v) is 5.95. The van der Waals surface area contributed by atoms with Gasteiger partial charge >= 0.3 is 0 Å². The Balaban J connectivity index is 0.000000681. The topological polar surface area (TPSA) is 76.7 Å². The first-order valence-electron chi connectivity index (χ1n) is 13.8. The smallest absolute Gasteiger partial charge is 0.237 e. The number of anilines is 1. The van der Waals surface area contributed by atoms with Crippen molar-refractivity contribution in [2.45, 2.75) is 45.1 Å². The van der Waals surface area contributed by atoms with Crippen molar-refractivity contribution in [1.82, 2.24) is 20.4 Å². The van der Waals surface area contributed by atoms with Gasteiger partial charge in [0.1, 0.15) is 5.82 Å². The van der Waals surface area contributed by atoms with Crippen LogP contribution in [0.4, 0.5) is 10.1 Å². The third kappa shape index (κ3) is 6.80. The van der Waals surface area contributed by atoms with E-state index in [1.807, 2.05) is 6.07 Å². The number of nitrogens with one attached hydrogen (secondary N) is 3. The van der Waals surface area contributed by atoms with Crippen LogP contribution in [0.1, 0.15) is 44.7 Å². The number of piperazine rings is 1. The first-order valence-corrected chi connectivity index (χ1v) is 14.5. The summed E-state index contributed by atoms with van der Waals surface area (Å²) in [6.45, 7) is 14.1. The first-order chi connectivity index (χ1) is 18.8. The molecular formula is C30H40Cl2FN5O2. The molecule has 3 aliphatic rings. The zero-order valence-corrected chi connectivity index (χ0v) is 25.4. The fourth-order valence-electron chi connectivity index (χ4n) is 5.58. The van der Waals surface area contributed by atoms with Gasteiger partial charge in [0.2, 0.25) is 11.8 Å². The summed E-state index contributed by atoms with van der Waals surface area (Å²) in [4.78, 5) is 31.5. The molecule has 0 saturated carbocycles. The molecule has 3 N–H and O–H groups in total. The van der Waals surface area contributed by atoms with Crippen LogP contribution >= 0.6 is 23.2 Å². The van der Waals surface area contributed by atoms with Crippen molar-refractivity contribution in [3.63, 3.8) is 0 Å². The van der Waals surface area contributed by atoms with Crippen molar-refractivity contribution in [2.75, 3.05) is 58.2 Å². The number of carbonyl (C=O) groups excluding carboxylic acids is 2. The molecule has 2 aromatic rings. The van der Waals surface area contributed by atoms with Gasteiger partial charge in [-0.3, -0.25) is 14.5 Å². The number of fused-ring (bicyclic) bond motifs is 2. The number of hydrogen-bond donors (Lipinski definition) is 3. The van der Waals surface area contributed by atoms with Crippen LogP contribution in [-0.2, 0) is 15.0 Å². The van der Waals surface area contributed by atoms with Crippen LogP contribution in [-0.4, -0.2) is 80.5 Å². The number of amides is 2. The number of likely N-dealkylation sites (N-methyl/N-ethyl adjacent to an activating group) is 1. The number of benzene rings is 2. The SMILES string of the molecule is CC(C)(C)C.CN1CCN(CCNC(=O)[C@@H]2NC[C@]3(C(=O)Nc4cc(Cl)c(F)cc43)C2c2cccc(Cl)c2)CC1. The highest BCUT2D eigenvalue weighted by molar-refractivity contribution is 6.31. The van der Waals surface area contributed by atoms with Gasteiger partial charge in [-0.2, -0.15) is 0 Å². The van der Waals surface area contributed by atoms with Gasteiger partial charge in [0, 0.05) is 62.4 Å². The second kappa shape index (κ2) is 12.3. The maximum atomic E-state index is 14.6. The fraction of sp³-hybridized carbons (Fsp3) is 0.533. The molecule has 2 aromatic carbocycles. The van der Waals surface area contributed by atoms with Gasteiger partial charge in [-0.1, -0.05) is 63.0 Å². The summed E-state index contributed by atoms with van der Waals surface area (Å²) in [5.74, 6) is -1.69. The van der Waals surface area contributed by atoms with Gasteiger partial charge in [0.25, 0.3) is 0 Å². The van der Waals surface area contributed by atoms with Crippen LogP contribution in [0, 0.1) is 11.2 Å². The third-order valence-electron chi connectivity index (χ3n) is 7.47. The van der Waals surface area contributed by atoms with Gasteiger partial charge in [-0.25, -0.2) is 4.39 Å². The number of hydrogen-bond acceptors (Lipinski definition) is 5. The summed E-state index contributed by atoms with van der Waals surface area (Å²) < 4.78 is 14.6. The van der Waals surface area contributed by atoms with Crippen molar-refractivity contribution in [2.24, 2.45) is 5.41 Å². The summed E-state index contributed by atoms with van der Waals surface area (Å²) in [6.07, 6.45) is 0. The number of halogens is 3. The lowest BCUT2D eigenvalue weighted by atomic mass is 9.68. The Hall–Kier alpha value is -2.23. The summed E-state index contributed by atoms with van der Waals surface area (Å²) in [7, 11) is 2.10. The highest BCUT2D eigenvalue weighted by Crippen LogP contribution is 2.52. The molecule has 0 radical (unpaired) electrons. The molecule has 1 spiro atoms. The third-order valence-corrected chi connectivity index (χ3v) is 8.00. The molecule has 2 amide bonds. The predicted molar refractivity (Wildman–Crippen MR) is 160 cm³/mol. The summed E-state index contributed by atoms with van der Waals surface area (Å²) in [6, 6.07) is 9.20. The van der Waals surface area contributed by atoms with E-state index < -0.39 is 23.2 Å². The lowest BCUT2D eigenvalue weighted by Gasteiger charge is -2.33. The molecule has 2 fully saturated rings. The highest BCUT2D eigenvalue weighted by Gasteiger charge is 2.60. The van der Waals surface area contributed by atoms with Crippen molar-refractivity contribution < 1.29 is 14.0 Å². The van der Waals surface area contributed by atoms with Gasteiger partial charge in [-0.05, 0) is 47.9 Å². The lowest BCUT2D eigenvalue weighted by Crippen LogP contribution is -2.49. The summed E-state index contributed by atoms with van der Waals surface area (Å²) >= 11 is 12.3. The highest BCUT2D eigenvalue weighted by atomic mass is 35.5. The average molecular weight is 593 g/mol. The molecule has 3 atom stereocenters. The van der Waals surface area contributed by atoms with Crippen molar-refractivity contribution in [3.05, 3.63) is 63.4 Å². The van der Waals surface area contributed by atoms with Gasteiger partial charge in [0.15, 0.2) is 0 Å². The van der Waals surface area contributed by atoms with E-state index in [0.717, 1.165) is 38.3 Å². The van der Waals surface area contributed by atoms with Crippen molar-refractivity contribution >= 4 is 40.7 Å². The van der Waals surface area contributed by atoms with E-state index >= 15 is 0 Å². The molecule has 10 heteroatoms. The molecular weight excluding hydrogens is 552 g/mol. The van der Waals surface area contributed by atoms with E-state index in [1.165, 1.54) is 12.1 Å². The number of nitrogens with zero attached hydrogens (tertiary/aromatic N) is 2. The van der Waals surface area contributed by atoms with E-state index in [2.05, 4.69) is 60.5 Å². The summed E-state index contributed by atoms with van der Waals surface area (Å²) in [5.41, 5.74) is 1.02. The Morgan fingerprint density at radius 2 is 1.80 bits per heavy atom. The zero-order valence-electron chi connectivity index (χ0n) is 23.9. The molecule has 0 aromatic heterocycles. The van der Waals surface area contributed by atoms with Crippen LogP contribution in [0.3, 0.4) is 0 Å². The van der Waals surface area contributed by atoms with E-state index in [0.29, 0.717) is 28.2 Å². The number of rotatable bonds is 5. The van der Waals surface area contributed by atoms with Gasteiger partial charge in [0.05, 0.1) is 16.5 Å². The maximum absolute atomic E-state index is 14.6. The van der Waals surface area contributed by atoms with Crippen molar-refractivity contribution in [1.29, 1.82) is 0 Å².